The summed E-state index contributed by atoms with van der Waals surface area (Å²) in [7, 11) is 0. The van der Waals surface area contributed by atoms with Crippen LogP contribution in [0.4, 0.5) is 32.0 Å². The van der Waals surface area contributed by atoms with E-state index in [1.165, 1.54) is 13.0 Å². The van der Waals surface area contributed by atoms with Crippen molar-refractivity contribution in [2.45, 2.75) is 43.7 Å². The van der Waals surface area contributed by atoms with Crippen LogP contribution in [0, 0.1) is 11.3 Å². The number of halogens is 6. The minimum Gasteiger partial charge on any atom is -0.324 e. The molecule has 1 heterocycles. The lowest BCUT2D eigenvalue weighted by atomic mass is 9.89. The van der Waals surface area contributed by atoms with E-state index in [1.807, 2.05) is 5.43 Å². The fraction of sp³-hybridized carbons (Fsp3) is 0.467. The number of alkyl halides is 6. The van der Waals surface area contributed by atoms with Crippen LogP contribution in [0.5, 0.6) is 0 Å². The Bertz CT molecular complexity index is 739. The monoisotopic (exact) mass is 380 g/mol. The molecule has 1 fully saturated rings. The van der Waals surface area contributed by atoms with Crippen LogP contribution in [0.15, 0.2) is 18.2 Å². The second kappa shape index (κ2) is 6.77. The minimum absolute atomic E-state index is 0.0270. The molecular weight excluding hydrogens is 366 g/mol. The molecule has 0 aromatic heterocycles. The van der Waals surface area contributed by atoms with Crippen LogP contribution in [-0.2, 0) is 11.0 Å². The van der Waals surface area contributed by atoms with Gasteiger partial charge in [0.2, 0.25) is 5.91 Å². The molecule has 0 radical (unpaired) electrons. The Morgan fingerprint density at radius 3 is 2.46 bits per heavy atom. The first-order valence-electron chi connectivity index (χ1n) is 7.45. The van der Waals surface area contributed by atoms with Gasteiger partial charge >= 0.3 is 12.4 Å². The van der Waals surface area contributed by atoms with E-state index in [-0.39, 0.29) is 12.1 Å². The van der Waals surface area contributed by atoms with E-state index < -0.39 is 47.4 Å². The molecule has 1 unspecified atom stereocenters. The first-order chi connectivity index (χ1) is 11.9. The quantitative estimate of drug-likeness (QED) is 0.705. The van der Waals surface area contributed by atoms with Crippen LogP contribution in [0.2, 0.25) is 0 Å². The maximum absolute atomic E-state index is 13.0. The van der Waals surface area contributed by atoms with Crippen LogP contribution in [0.3, 0.4) is 0 Å². The first kappa shape index (κ1) is 20.0. The number of carbonyl (C=O) groups excluding carboxylic acids is 1. The molecule has 1 saturated heterocycles. The number of nitriles is 1. The molecule has 0 aliphatic carbocycles. The van der Waals surface area contributed by atoms with Crippen LogP contribution < -0.4 is 16.2 Å². The summed E-state index contributed by atoms with van der Waals surface area (Å²) in [6.07, 6.45) is -10.0. The molecule has 5 nitrogen and oxygen atoms in total. The van der Waals surface area contributed by atoms with Gasteiger partial charge in [0.05, 0.1) is 17.2 Å². The molecule has 11 heteroatoms. The van der Waals surface area contributed by atoms with Crippen molar-refractivity contribution >= 4 is 11.6 Å². The molecule has 0 bridgehead atoms. The Morgan fingerprint density at radius 1 is 1.35 bits per heavy atom. The maximum atomic E-state index is 13.0. The topological polar surface area (TPSA) is 77.0 Å². The van der Waals surface area contributed by atoms with E-state index in [0.717, 1.165) is 12.1 Å². The summed E-state index contributed by atoms with van der Waals surface area (Å²) < 4.78 is 77.3. The van der Waals surface area contributed by atoms with Crippen molar-refractivity contribution in [3.63, 3.8) is 0 Å². The molecule has 2 atom stereocenters. The number of nitrogens with one attached hydrogen (secondary N) is 3. The number of rotatable bonds is 3. The molecule has 0 saturated carbocycles. The van der Waals surface area contributed by atoms with E-state index >= 15 is 0 Å². The molecule has 142 valence electrons. The van der Waals surface area contributed by atoms with Crippen LogP contribution in [0.1, 0.15) is 30.9 Å². The number of hydrogen-bond donors (Lipinski definition) is 3. The fourth-order valence-corrected chi connectivity index (χ4v) is 2.62. The molecular formula is C15H14F6N4O. The highest BCUT2D eigenvalue weighted by atomic mass is 19.4. The van der Waals surface area contributed by atoms with Gasteiger partial charge in [-0.3, -0.25) is 4.79 Å². The number of hydrogen-bond acceptors (Lipinski definition) is 4. The number of benzene rings is 1. The second-order valence-corrected chi connectivity index (χ2v) is 5.83. The van der Waals surface area contributed by atoms with Crippen molar-refractivity contribution in [2.24, 2.45) is 0 Å². The molecule has 1 aliphatic rings. The summed E-state index contributed by atoms with van der Waals surface area (Å²) in [5.74, 6) is -0.905. The van der Waals surface area contributed by atoms with Crippen molar-refractivity contribution in [2.75, 3.05) is 5.32 Å². The zero-order valence-electron chi connectivity index (χ0n) is 13.3. The molecule has 3 N–H and O–H groups in total. The van der Waals surface area contributed by atoms with Gasteiger partial charge in [0.25, 0.3) is 0 Å². The van der Waals surface area contributed by atoms with Crippen LogP contribution in [0.25, 0.3) is 0 Å². The predicted molar refractivity (Wildman–Crippen MR) is 78.5 cm³/mol. The third-order valence-corrected chi connectivity index (χ3v) is 4.17. The lowest BCUT2D eigenvalue weighted by Gasteiger charge is -2.26. The highest BCUT2D eigenvalue weighted by Gasteiger charge is 2.53. The molecule has 1 aromatic carbocycles. The van der Waals surface area contributed by atoms with Crippen molar-refractivity contribution < 1.29 is 31.1 Å². The van der Waals surface area contributed by atoms with Crippen molar-refractivity contribution in [1.82, 2.24) is 10.9 Å². The number of anilines is 1. The zero-order chi connectivity index (χ0) is 19.8. The average molecular weight is 380 g/mol. The lowest BCUT2D eigenvalue weighted by Crippen LogP contribution is -2.52. The summed E-state index contributed by atoms with van der Waals surface area (Å²) in [5.41, 5.74) is 0.535. The zero-order valence-corrected chi connectivity index (χ0v) is 13.3. The van der Waals surface area contributed by atoms with E-state index in [4.69, 9.17) is 5.26 Å². The van der Waals surface area contributed by atoms with Gasteiger partial charge < -0.3 is 5.32 Å². The van der Waals surface area contributed by atoms with Crippen molar-refractivity contribution in [3.8, 4) is 6.07 Å². The van der Waals surface area contributed by atoms with Gasteiger partial charge in [0.1, 0.15) is 11.6 Å². The Balaban J connectivity index is 2.26. The Morgan fingerprint density at radius 2 is 2.00 bits per heavy atom. The third kappa shape index (κ3) is 3.91. The maximum Gasteiger partial charge on any atom is 0.417 e. The Hall–Kier alpha value is -2.32. The van der Waals surface area contributed by atoms with E-state index in [0.29, 0.717) is 6.07 Å². The highest BCUT2D eigenvalue weighted by molar-refractivity contribution is 5.98. The number of nitrogens with zero attached hydrogens (tertiary/aromatic N) is 1. The van der Waals surface area contributed by atoms with Crippen LogP contribution in [-0.4, -0.2) is 23.7 Å². The van der Waals surface area contributed by atoms with E-state index in [9.17, 15) is 31.1 Å². The third-order valence-electron chi connectivity index (χ3n) is 4.17. The van der Waals surface area contributed by atoms with Crippen LogP contribution >= 0.6 is 0 Å². The second-order valence-electron chi connectivity index (χ2n) is 5.83. The van der Waals surface area contributed by atoms with Gasteiger partial charge in [-0.25, -0.2) is 10.9 Å². The minimum atomic E-state index is -4.82. The van der Waals surface area contributed by atoms with Gasteiger partial charge in [-0.1, -0.05) is 6.92 Å². The van der Waals surface area contributed by atoms with Gasteiger partial charge in [0, 0.05) is 12.1 Å². The number of amides is 1. The Kier molecular flexibility index (Phi) is 5.21. The molecule has 1 aromatic rings. The highest BCUT2D eigenvalue weighted by Crippen LogP contribution is 2.35. The standard InChI is InChI=1S/C15H14F6N4O/c1-2-13(6-11(24-25-13)15(19,20)21)12(26)23-9-4-3-8(7-22)10(5-9)14(16,17)18/h3-5,11,24-25H,2,6H2,1H3,(H,23,26)/t11?,13-/m0/s1. The van der Waals surface area contributed by atoms with Crippen molar-refractivity contribution in [3.05, 3.63) is 29.3 Å². The summed E-state index contributed by atoms with van der Waals surface area (Å²) in [6, 6.07) is 1.98. The smallest absolute Gasteiger partial charge is 0.324 e. The van der Waals surface area contributed by atoms with Gasteiger partial charge in [-0.15, -0.1) is 0 Å². The lowest BCUT2D eigenvalue weighted by molar-refractivity contribution is -0.153. The molecule has 26 heavy (non-hydrogen) atoms. The summed E-state index contributed by atoms with van der Waals surface area (Å²) in [4.78, 5) is 12.4. The summed E-state index contributed by atoms with van der Waals surface area (Å²) in [5, 5.41) is 10.9. The van der Waals surface area contributed by atoms with Gasteiger partial charge in [-0.05, 0) is 24.6 Å². The fourth-order valence-electron chi connectivity index (χ4n) is 2.62. The number of hydrazine groups is 1. The molecule has 1 amide bonds. The Labute approximate surface area is 144 Å². The average Bonchev–Trinajstić information content (AvgIpc) is 3.00. The van der Waals surface area contributed by atoms with Crippen molar-refractivity contribution in [1.29, 1.82) is 5.26 Å². The molecule has 1 aliphatic heterocycles. The predicted octanol–water partition coefficient (Wildman–Crippen LogP) is 3.09. The molecule has 2 rings (SSSR count). The SMILES string of the molecule is CC[C@@]1(C(=O)Nc2ccc(C#N)c(C(F)(F)F)c2)CC(C(F)(F)F)NN1. The summed E-state index contributed by atoms with van der Waals surface area (Å²) >= 11 is 0. The van der Waals surface area contributed by atoms with E-state index in [2.05, 4.69) is 10.7 Å². The summed E-state index contributed by atoms with van der Waals surface area (Å²) in [6.45, 7) is 1.48. The van der Waals surface area contributed by atoms with E-state index in [1.54, 1.807) is 0 Å². The number of carbonyl (C=O) groups is 1. The molecule has 0 spiro atoms. The van der Waals surface area contributed by atoms with Gasteiger partial charge in [0.15, 0.2) is 0 Å². The first-order valence-corrected chi connectivity index (χ1v) is 7.45. The van der Waals surface area contributed by atoms with Gasteiger partial charge in [-0.2, -0.15) is 31.6 Å². The largest absolute Gasteiger partial charge is 0.417 e. The normalized spacial score (nSPS) is 23.5.